The number of carbonyl (C=O) groups excluding carboxylic acids is 1. The highest BCUT2D eigenvalue weighted by molar-refractivity contribution is 5.89. The number of hydrogen-bond acceptors (Lipinski definition) is 7. The van der Waals surface area contributed by atoms with Gasteiger partial charge in [0.2, 0.25) is 11.8 Å². The average molecular weight is 351 g/mol. The smallest absolute Gasteiger partial charge is 0.337 e. The molecule has 7 heteroatoms. The third-order valence-corrected chi connectivity index (χ3v) is 3.54. The minimum Gasteiger partial charge on any atom is -0.465 e. The Hall–Kier alpha value is -3.61. The molecule has 132 valence electrons. The van der Waals surface area contributed by atoms with Gasteiger partial charge in [-0.15, -0.1) is 0 Å². The Kier molecular flexibility index (Phi) is 4.98. The number of rotatable bonds is 5. The maximum Gasteiger partial charge on any atom is 0.337 e. The van der Waals surface area contributed by atoms with Crippen molar-refractivity contribution in [3.63, 3.8) is 0 Å². The van der Waals surface area contributed by atoms with Gasteiger partial charge in [0, 0.05) is 0 Å². The van der Waals surface area contributed by atoms with Crippen molar-refractivity contribution in [3.8, 4) is 23.3 Å². The highest BCUT2D eigenvalue weighted by atomic mass is 16.5. The highest BCUT2D eigenvalue weighted by Gasteiger charge is 2.13. The monoisotopic (exact) mass is 351 g/mol. The van der Waals surface area contributed by atoms with Gasteiger partial charge in [-0.1, -0.05) is 17.7 Å². The molecule has 0 unspecified atom stereocenters. The number of hydrogen-bond donors (Lipinski definition) is 1. The average Bonchev–Trinajstić information content (AvgIpc) is 2.66. The minimum atomic E-state index is -0.424. The Morgan fingerprint density at radius 2 is 1.38 bits per heavy atom. The predicted octanol–water partition coefficient (Wildman–Crippen LogP) is 3.74. The summed E-state index contributed by atoms with van der Waals surface area (Å²) in [6, 6.07) is 13.9. The molecule has 0 amide bonds. The van der Waals surface area contributed by atoms with E-state index in [2.05, 4.69) is 14.7 Å². The van der Waals surface area contributed by atoms with Gasteiger partial charge in [-0.3, -0.25) is 0 Å². The van der Waals surface area contributed by atoms with E-state index in [0.29, 0.717) is 17.1 Å². The molecular formula is C19H17N3O4. The van der Waals surface area contributed by atoms with Crippen LogP contribution in [0.4, 0.5) is 5.69 Å². The van der Waals surface area contributed by atoms with Crippen LogP contribution in [0.15, 0.2) is 54.9 Å². The summed E-state index contributed by atoms with van der Waals surface area (Å²) in [5, 5.41) is 0. The standard InChI is InChI=1S/C19H17N3O4/c1-12-3-7-14(8-4-12)25-17-16(20)18(22-11-21-17)26-15-9-5-13(6-10-15)19(23)24-2/h3-11H,20H2,1-2H3. The van der Waals surface area contributed by atoms with Crippen molar-refractivity contribution in [3.05, 3.63) is 66.0 Å². The lowest BCUT2D eigenvalue weighted by atomic mass is 10.2. The van der Waals surface area contributed by atoms with E-state index in [1.165, 1.54) is 13.4 Å². The Bertz CT molecular complexity index is 909. The van der Waals surface area contributed by atoms with Crippen molar-refractivity contribution in [1.82, 2.24) is 9.97 Å². The van der Waals surface area contributed by atoms with Crippen molar-refractivity contribution in [1.29, 1.82) is 0 Å². The van der Waals surface area contributed by atoms with E-state index in [4.69, 9.17) is 15.2 Å². The summed E-state index contributed by atoms with van der Waals surface area (Å²) in [7, 11) is 1.32. The van der Waals surface area contributed by atoms with Crippen molar-refractivity contribution < 1.29 is 19.0 Å². The van der Waals surface area contributed by atoms with Crippen molar-refractivity contribution in [2.45, 2.75) is 6.92 Å². The van der Waals surface area contributed by atoms with Crippen LogP contribution in [-0.2, 0) is 4.74 Å². The highest BCUT2D eigenvalue weighted by Crippen LogP contribution is 2.33. The van der Waals surface area contributed by atoms with Crippen molar-refractivity contribution in [2.75, 3.05) is 12.8 Å². The molecule has 0 atom stereocenters. The van der Waals surface area contributed by atoms with Gasteiger partial charge in [0.1, 0.15) is 17.8 Å². The molecule has 1 heterocycles. The summed E-state index contributed by atoms with van der Waals surface area (Å²) < 4.78 is 16.0. The van der Waals surface area contributed by atoms with Gasteiger partial charge in [-0.25, -0.2) is 4.79 Å². The van der Waals surface area contributed by atoms with Crippen LogP contribution >= 0.6 is 0 Å². The molecule has 1 aromatic heterocycles. The van der Waals surface area contributed by atoms with Crippen LogP contribution in [0, 0.1) is 6.92 Å². The van der Waals surface area contributed by atoms with Crippen LogP contribution in [0.2, 0.25) is 0 Å². The lowest BCUT2D eigenvalue weighted by molar-refractivity contribution is 0.0600. The maximum absolute atomic E-state index is 11.5. The fraction of sp³-hybridized carbons (Fsp3) is 0.105. The zero-order valence-corrected chi connectivity index (χ0v) is 14.3. The lowest BCUT2D eigenvalue weighted by Gasteiger charge is -2.11. The summed E-state index contributed by atoms with van der Waals surface area (Å²) in [5.41, 5.74) is 7.76. The minimum absolute atomic E-state index is 0.160. The first-order valence-corrected chi connectivity index (χ1v) is 7.78. The molecule has 0 radical (unpaired) electrons. The topological polar surface area (TPSA) is 96.6 Å². The largest absolute Gasteiger partial charge is 0.465 e. The molecule has 26 heavy (non-hydrogen) atoms. The molecule has 7 nitrogen and oxygen atoms in total. The number of esters is 1. The van der Waals surface area contributed by atoms with Crippen LogP contribution in [0.1, 0.15) is 15.9 Å². The molecule has 0 saturated heterocycles. The number of carbonyl (C=O) groups is 1. The molecule has 0 saturated carbocycles. The zero-order valence-electron chi connectivity index (χ0n) is 14.3. The predicted molar refractivity (Wildman–Crippen MR) is 95.6 cm³/mol. The number of methoxy groups -OCH3 is 1. The zero-order chi connectivity index (χ0) is 18.5. The molecule has 3 rings (SSSR count). The van der Waals surface area contributed by atoms with Crippen molar-refractivity contribution >= 4 is 11.7 Å². The van der Waals surface area contributed by atoms with Crippen LogP contribution in [0.3, 0.4) is 0 Å². The summed E-state index contributed by atoms with van der Waals surface area (Å²) in [4.78, 5) is 19.5. The van der Waals surface area contributed by atoms with Crippen LogP contribution in [0.5, 0.6) is 23.3 Å². The normalized spacial score (nSPS) is 10.2. The van der Waals surface area contributed by atoms with E-state index in [-0.39, 0.29) is 17.4 Å². The number of ether oxygens (including phenoxy) is 3. The molecule has 2 N–H and O–H groups in total. The lowest BCUT2D eigenvalue weighted by Crippen LogP contribution is -2.02. The van der Waals surface area contributed by atoms with Gasteiger partial charge in [-0.05, 0) is 43.3 Å². The first-order chi connectivity index (χ1) is 12.6. The number of nitrogens with zero attached hydrogens (tertiary/aromatic N) is 2. The molecule has 0 bridgehead atoms. The van der Waals surface area contributed by atoms with E-state index in [9.17, 15) is 4.79 Å². The molecule has 0 aliphatic heterocycles. The Labute approximate surface area is 150 Å². The van der Waals surface area contributed by atoms with E-state index >= 15 is 0 Å². The van der Waals surface area contributed by atoms with Crippen molar-refractivity contribution in [2.24, 2.45) is 0 Å². The van der Waals surface area contributed by atoms with E-state index in [1.54, 1.807) is 24.3 Å². The summed E-state index contributed by atoms with van der Waals surface area (Å²) in [5.74, 6) is 1.00. The van der Waals surface area contributed by atoms with Gasteiger partial charge in [0.05, 0.1) is 12.7 Å². The maximum atomic E-state index is 11.5. The Balaban J connectivity index is 1.78. The number of anilines is 1. The summed E-state index contributed by atoms with van der Waals surface area (Å²) in [6.45, 7) is 1.99. The third-order valence-electron chi connectivity index (χ3n) is 3.54. The number of nitrogen functional groups attached to an aromatic ring is 1. The molecule has 0 aliphatic carbocycles. The Morgan fingerprint density at radius 3 is 1.88 bits per heavy atom. The first kappa shape index (κ1) is 17.2. The second-order valence-electron chi connectivity index (χ2n) is 5.43. The molecule has 0 spiro atoms. The summed E-state index contributed by atoms with van der Waals surface area (Å²) >= 11 is 0. The van der Waals surface area contributed by atoms with Gasteiger partial charge in [-0.2, -0.15) is 9.97 Å². The fourth-order valence-electron chi connectivity index (χ4n) is 2.13. The molecule has 0 aliphatic rings. The van der Waals surface area contributed by atoms with Gasteiger partial charge < -0.3 is 19.9 Å². The molecule has 0 fully saturated rings. The van der Waals surface area contributed by atoms with E-state index in [0.717, 1.165) is 5.56 Å². The van der Waals surface area contributed by atoms with E-state index < -0.39 is 5.97 Å². The second-order valence-corrected chi connectivity index (χ2v) is 5.43. The molecule has 2 aromatic carbocycles. The first-order valence-electron chi connectivity index (χ1n) is 7.78. The Morgan fingerprint density at radius 1 is 0.885 bits per heavy atom. The number of nitrogens with two attached hydrogens (primary N) is 1. The number of benzene rings is 2. The molecule has 3 aromatic rings. The molecular weight excluding hydrogens is 334 g/mol. The van der Waals surface area contributed by atoms with Gasteiger partial charge in [0.25, 0.3) is 0 Å². The number of aromatic nitrogens is 2. The SMILES string of the molecule is COC(=O)c1ccc(Oc2ncnc(Oc3ccc(C)cc3)c2N)cc1. The second kappa shape index (κ2) is 7.52. The quantitative estimate of drug-likeness (QED) is 0.699. The van der Waals surface area contributed by atoms with Crippen LogP contribution in [-0.4, -0.2) is 23.0 Å². The number of aryl methyl sites for hydroxylation is 1. The van der Waals surface area contributed by atoms with Crippen LogP contribution in [0.25, 0.3) is 0 Å². The van der Waals surface area contributed by atoms with Gasteiger partial charge >= 0.3 is 5.97 Å². The fourth-order valence-corrected chi connectivity index (χ4v) is 2.13. The third kappa shape index (κ3) is 3.89. The summed E-state index contributed by atoms with van der Waals surface area (Å²) in [6.07, 6.45) is 1.30. The van der Waals surface area contributed by atoms with E-state index in [1.807, 2.05) is 31.2 Å². The van der Waals surface area contributed by atoms with Crippen LogP contribution < -0.4 is 15.2 Å². The van der Waals surface area contributed by atoms with Gasteiger partial charge in [0.15, 0.2) is 5.69 Å².